The Labute approximate surface area is 86.3 Å². The molecule has 0 radical (unpaired) electrons. The van der Waals surface area contributed by atoms with Gasteiger partial charge >= 0.3 is 0 Å². The number of nitrogens with zero attached hydrogens (tertiary/aromatic N) is 1. The molecule has 0 fully saturated rings. The summed E-state index contributed by atoms with van der Waals surface area (Å²) >= 11 is 3.33. The van der Waals surface area contributed by atoms with E-state index < -0.39 is 0 Å². The number of halogens is 1. The van der Waals surface area contributed by atoms with Crippen LogP contribution in [0.25, 0.3) is 0 Å². The normalized spacial score (nSPS) is 9.38. The summed E-state index contributed by atoms with van der Waals surface area (Å²) in [4.78, 5) is 0. The summed E-state index contributed by atoms with van der Waals surface area (Å²) in [7, 11) is 1.63. The third kappa shape index (κ3) is 2.02. The van der Waals surface area contributed by atoms with Crippen LogP contribution < -0.4 is 4.74 Å². The molecule has 0 spiro atoms. The fraction of sp³-hybridized carbons (Fsp3) is 0.300. The first-order chi connectivity index (χ1) is 6.22. The minimum atomic E-state index is 0.673. The Balaban J connectivity index is 3.28. The lowest BCUT2D eigenvalue weighted by Crippen LogP contribution is -1.92. The van der Waals surface area contributed by atoms with Crippen LogP contribution in [-0.4, -0.2) is 7.11 Å². The van der Waals surface area contributed by atoms with Crippen molar-refractivity contribution < 1.29 is 4.74 Å². The smallest absolute Gasteiger partial charge is 0.122 e. The summed E-state index contributed by atoms with van der Waals surface area (Å²) in [5.74, 6) is 0.827. The number of methoxy groups -OCH3 is 1. The highest BCUT2D eigenvalue weighted by Gasteiger charge is 2.05. The average molecular weight is 240 g/mol. The van der Waals surface area contributed by atoms with E-state index in [-0.39, 0.29) is 0 Å². The maximum atomic E-state index is 8.83. The molecule has 13 heavy (non-hydrogen) atoms. The Bertz CT molecular complexity index is 355. The van der Waals surface area contributed by atoms with E-state index >= 15 is 0 Å². The summed E-state index contributed by atoms with van der Waals surface area (Å²) in [5, 5.41) is 9.50. The molecule has 0 aliphatic rings. The molecule has 1 aromatic carbocycles. The van der Waals surface area contributed by atoms with E-state index in [0.29, 0.717) is 10.9 Å². The Morgan fingerprint density at radius 1 is 1.54 bits per heavy atom. The number of nitriles is 1. The van der Waals surface area contributed by atoms with Gasteiger partial charge in [0.05, 0.1) is 18.7 Å². The van der Waals surface area contributed by atoms with Crippen LogP contribution in [0, 0.1) is 18.3 Å². The fourth-order valence-corrected chi connectivity index (χ4v) is 1.63. The highest BCUT2D eigenvalue weighted by atomic mass is 79.9. The number of rotatable bonds is 2. The summed E-state index contributed by atoms with van der Waals surface area (Å²) < 4.78 is 5.16. The van der Waals surface area contributed by atoms with Crippen LogP contribution in [0.3, 0.4) is 0 Å². The van der Waals surface area contributed by atoms with Gasteiger partial charge in [0.15, 0.2) is 0 Å². The lowest BCUT2D eigenvalue weighted by atomic mass is 10.1. The van der Waals surface area contributed by atoms with Crippen molar-refractivity contribution in [1.29, 1.82) is 5.26 Å². The molecule has 0 saturated heterocycles. The minimum Gasteiger partial charge on any atom is -0.496 e. The number of benzene rings is 1. The molecule has 0 aromatic heterocycles. The van der Waals surface area contributed by atoms with Crippen LogP contribution in [0.1, 0.15) is 16.7 Å². The average Bonchev–Trinajstić information content (AvgIpc) is 2.17. The van der Waals surface area contributed by atoms with E-state index in [2.05, 4.69) is 22.0 Å². The van der Waals surface area contributed by atoms with E-state index in [0.717, 1.165) is 16.9 Å². The molecular weight excluding hydrogens is 230 g/mol. The van der Waals surface area contributed by atoms with Gasteiger partial charge in [0.1, 0.15) is 5.75 Å². The van der Waals surface area contributed by atoms with Gasteiger partial charge in [-0.15, -0.1) is 0 Å². The number of ether oxygens (including phenoxy) is 1. The molecule has 0 aliphatic heterocycles. The molecule has 1 aromatic rings. The zero-order chi connectivity index (χ0) is 9.84. The molecular formula is C10H10BrNO. The van der Waals surface area contributed by atoms with Crippen molar-refractivity contribution in [2.45, 2.75) is 12.3 Å². The van der Waals surface area contributed by atoms with Crippen LogP contribution in [0.5, 0.6) is 5.75 Å². The maximum Gasteiger partial charge on any atom is 0.122 e. The molecule has 1 rings (SSSR count). The second-order valence-corrected chi connectivity index (χ2v) is 3.29. The van der Waals surface area contributed by atoms with E-state index in [1.807, 2.05) is 19.1 Å². The van der Waals surface area contributed by atoms with Gasteiger partial charge in [-0.3, -0.25) is 0 Å². The van der Waals surface area contributed by atoms with Crippen molar-refractivity contribution in [2.24, 2.45) is 0 Å². The highest BCUT2D eigenvalue weighted by Crippen LogP contribution is 2.23. The van der Waals surface area contributed by atoms with Crippen LogP contribution in [-0.2, 0) is 5.33 Å². The second-order valence-electron chi connectivity index (χ2n) is 2.72. The van der Waals surface area contributed by atoms with Crippen molar-refractivity contribution >= 4 is 15.9 Å². The van der Waals surface area contributed by atoms with Gasteiger partial charge in [0.2, 0.25) is 0 Å². The van der Waals surface area contributed by atoms with Crippen molar-refractivity contribution in [2.75, 3.05) is 7.11 Å². The summed E-state index contributed by atoms with van der Waals surface area (Å²) in [6.45, 7) is 1.93. The number of hydrogen-bond acceptors (Lipinski definition) is 2. The Morgan fingerprint density at radius 3 is 2.69 bits per heavy atom. The summed E-state index contributed by atoms with van der Waals surface area (Å²) in [5.41, 5.74) is 2.66. The second kappa shape index (κ2) is 4.29. The summed E-state index contributed by atoms with van der Waals surface area (Å²) in [6, 6.07) is 5.89. The third-order valence-corrected chi connectivity index (χ3v) is 2.49. The quantitative estimate of drug-likeness (QED) is 0.744. The van der Waals surface area contributed by atoms with Crippen molar-refractivity contribution in [1.82, 2.24) is 0 Å². The largest absolute Gasteiger partial charge is 0.496 e. The highest BCUT2D eigenvalue weighted by molar-refractivity contribution is 9.08. The predicted octanol–water partition coefficient (Wildman–Crippen LogP) is 2.77. The molecule has 0 amide bonds. The molecule has 0 heterocycles. The lowest BCUT2D eigenvalue weighted by molar-refractivity contribution is 0.411. The van der Waals surface area contributed by atoms with Gasteiger partial charge in [-0.05, 0) is 30.2 Å². The van der Waals surface area contributed by atoms with Crippen LogP contribution in [0.2, 0.25) is 0 Å². The molecule has 0 aliphatic carbocycles. The van der Waals surface area contributed by atoms with E-state index in [4.69, 9.17) is 10.00 Å². The molecule has 68 valence electrons. The van der Waals surface area contributed by atoms with Crippen molar-refractivity contribution in [3.8, 4) is 11.8 Å². The van der Waals surface area contributed by atoms with E-state index in [1.54, 1.807) is 7.11 Å². The van der Waals surface area contributed by atoms with Gasteiger partial charge in [0.25, 0.3) is 0 Å². The van der Waals surface area contributed by atoms with Gasteiger partial charge < -0.3 is 4.74 Å². The van der Waals surface area contributed by atoms with Gasteiger partial charge in [-0.2, -0.15) is 5.26 Å². The standard InChI is InChI=1S/C10H10BrNO/c1-7-3-9(6-12)8(5-11)4-10(7)13-2/h3-4H,5H2,1-2H3. The molecule has 0 N–H and O–H groups in total. The number of hydrogen-bond donors (Lipinski definition) is 0. The van der Waals surface area contributed by atoms with Crippen LogP contribution in [0.4, 0.5) is 0 Å². The molecule has 2 nitrogen and oxygen atoms in total. The maximum absolute atomic E-state index is 8.83. The molecule has 0 unspecified atom stereocenters. The van der Waals surface area contributed by atoms with Gasteiger partial charge in [-0.1, -0.05) is 15.9 Å². The topological polar surface area (TPSA) is 33.0 Å². The Hall–Kier alpha value is -1.01. The first-order valence-electron chi connectivity index (χ1n) is 3.86. The molecule has 3 heteroatoms. The Kier molecular flexibility index (Phi) is 3.32. The van der Waals surface area contributed by atoms with E-state index in [1.165, 1.54) is 0 Å². The zero-order valence-electron chi connectivity index (χ0n) is 7.60. The predicted molar refractivity (Wildman–Crippen MR) is 55.1 cm³/mol. The molecule has 0 saturated carbocycles. The lowest BCUT2D eigenvalue weighted by Gasteiger charge is -2.07. The van der Waals surface area contributed by atoms with Crippen molar-refractivity contribution in [3.63, 3.8) is 0 Å². The SMILES string of the molecule is COc1cc(CBr)c(C#N)cc1C. The van der Waals surface area contributed by atoms with Gasteiger partial charge in [0, 0.05) is 5.33 Å². The van der Waals surface area contributed by atoms with Crippen LogP contribution in [0.15, 0.2) is 12.1 Å². The third-order valence-electron chi connectivity index (χ3n) is 1.89. The number of alkyl halides is 1. The van der Waals surface area contributed by atoms with Crippen molar-refractivity contribution in [3.05, 3.63) is 28.8 Å². The molecule has 0 atom stereocenters. The number of aryl methyl sites for hydroxylation is 1. The molecule has 0 bridgehead atoms. The minimum absolute atomic E-state index is 0.673. The van der Waals surface area contributed by atoms with Gasteiger partial charge in [-0.25, -0.2) is 0 Å². The monoisotopic (exact) mass is 239 g/mol. The fourth-order valence-electron chi connectivity index (χ4n) is 1.16. The van der Waals surface area contributed by atoms with Crippen LogP contribution >= 0.6 is 15.9 Å². The first-order valence-corrected chi connectivity index (χ1v) is 4.98. The zero-order valence-corrected chi connectivity index (χ0v) is 9.18. The Morgan fingerprint density at radius 2 is 2.23 bits per heavy atom. The van der Waals surface area contributed by atoms with E-state index in [9.17, 15) is 0 Å². The first kappa shape index (κ1) is 10.1. The summed E-state index contributed by atoms with van der Waals surface area (Å²) in [6.07, 6.45) is 0.